The monoisotopic (exact) mass is 453 g/mol. The first-order chi connectivity index (χ1) is 16.5. The van der Waals surface area contributed by atoms with Crippen LogP contribution in [0.3, 0.4) is 0 Å². The third kappa shape index (κ3) is 5.78. The highest BCUT2D eigenvalue weighted by atomic mass is 16.4. The van der Waals surface area contributed by atoms with Crippen molar-refractivity contribution in [3.63, 3.8) is 0 Å². The third-order valence-corrected chi connectivity index (χ3v) is 5.55. The van der Waals surface area contributed by atoms with Crippen molar-refractivity contribution in [1.82, 2.24) is 10.3 Å². The fraction of sp³-hybridized carbons (Fsp3) is 0.179. The number of nitrogens with zero attached hydrogens (tertiary/aromatic N) is 1. The number of aromatic nitrogens is 1. The average Bonchev–Trinajstić information content (AvgIpc) is 3.33. The fourth-order valence-electron chi connectivity index (χ4n) is 3.60. The summed E-state index contributed by atoms with van der Waals surface area (Å²) >= 11 is 0. The largest absolute Gasteiger partial charge is 0.441 e. The Morgan fingerprint density at radius 2 is 1.65 bits per heavy atom. The topological polar surface area (TPSA) is 84.2 Å². The van der Waals surface area contributed by atoms with Crippen LogP contribution in [0.25, 0.3) is 11.3 Å². The molecule has 0 aliphatic carbocycles. The van der Waals surface area contributed by atoms with Crippen molar-refractivity contribution in [1.29, 1.82) is 0 Å². The van der Waals surface area contributed by atoms with Gasteiger partial charge in [-0.15, -0.1) is 0 Å². The molecule has 4 aromatic rings. The van der Waals surface area contributed by atoms with Crippen LogP contribution in [0.4, 0.5) is 5.69 Å². The molecule has 0 aliphatic rings. The van der Waals surface area contributed by atoms with Crippen molar-refractivity contribution in [2.24, 2.45) is 0 Å². The summed E-state index contributed by atoms with van der Waals surface area (Å²) in [5, 5.41) is 5.84. The van der Waals surface area contributed by atoms with E-state index in [4.69, 9.17) is 4.42 Å². The van der Waals surface area contributed by atoms with Crippen LogP contribution in [0.1, 0.15) is 46.8 Å². The first-order valence-electron chi connectivity index (χ1n) is 11.3. The second-order valence-electron chi connectivity index (χ2n) is 8.18. The Balaban J connectivity index is 1.36. The van der Waals surface area contributed by atoms with E-state index in [2.05, 4.69) is 15.6 Å². The number of carbonyl (C=O) groups excluding carboxylic acids is 2. The minimum atomic E-state index is -0.248. The molecule has 2 amide bonds. The zero-order valence-corrected chi connectivity index (χ0v) is 19.2. The SMILES string of the molecule is Cc1ccc(-c2cnc(CCC(=O)Nc3ccccc3C(=O)N[C@H](C)c3ccccc3)o2)cc1. The molecular formula is C28H27N3O3. The molecule has 2 N–H and O–H groups in total. The Morgan fingerprint density at radius 1 is 0.941 bits per heavy atom. The number of benzene rings is 3. The Hall–Kier alpha value is -4.19. The molecule has 1 heterocycles. The number of oxazole rings is 1. The number of carbonyl (C=O) groups is 2. The van der Waals surface area contributed by atoms with Crippen molar-refractivity contribution in [2.75, 3.05) is 5.32 Å². The highest BCUT2D eigenvalue weighted by molar-refractivity contribution is 6.03. The van der Waals surface area contributed by atoms with E-state index in [-0.39, 0.29) is 24.3 Å². The summed E-state index contributed by atoms with van der Waals surface area (Å²) < 4.78 is 5.80. The number of rotatable bonds is 8. The van der Waals surface area contributed by atoms with Gasteiger partial charge < -0.3 is 15.1 Å². The molecule has 0 fully saturated rings. The standard InChI is InChI=1S/C28H27N3O3/c1-19-12-14-22(15-13-19)25-18-29-27(34-25)17-16-26(32)31-24-11-7-6-10-23(24)28(33)30-20(2)21-8-4-3-5-9-21/h3-15,18,20H,16-17H2,1-2H3,(H,30,33)(H,31,32)/t20-/m1/s1. The molecule has 6 nitrogen and oxygen atoms in total. The smallest absolute Gasteiger partial charge is 0.253 e. The van der Waals surface area contributed by atoms with E-state index in [1.165, 1.54) is 5.56 Å². The number of hydrogen-bond donors (Lipinski definition) is 2. The normalized spacial score (nSPS) is 11.6. The van der Waals surface area contributed by atoms with Gasteiger partial charge in [-0.3, -0.25) is 9.59 Å². The van der Waals surface area contributed by atoms with Crippen molar-refractivity contribution >= 4 is 17.5 Å². The Bertz CT molecular complexity index is 1260. The number of amides is 2. The highest BCUT2D eigenvalue weighted by Crippen LogP contribution is 2.22. The zero-order chi connectivity index (χ0) is 23.9. The predicted octanol–water partition coefficient (Wildman–Crippen LogP) is 5.71. The van der Waals surface area contributed by atoms with E-state index in [0.717, 1.165) is 11.1 Å². The van der Waals surface area contributed by atoms with Crippen LogP contribution in [-0.4, -0.2) is 16.8 Å². The molecule has 1 atom stereocenters. The number of para-hydroxylation sites is 1. The maximum atomic E-state index is 12.9. The van der Waals surface area contributed by atoms with Crippen LogP contribution in [0.15, 0.2) is 89.5 Å². The van der Waals surface area contributed by atoms with Gasteiger partial charge in [0.05, 0.1) is 23.5 Å². The molecule has 3 aromatic carbocycles. The molecule has 6 heteroatoms. The molecule has 0 bridgehead atoms. The van der Waals surface area contributed by atoms with Crippen molar-refractivity contribution < 1.29 is 14.0 Å². The summed E-state index contributed by atoms with van der Waals surface area (Å²) in [4.78, 5) is 29.8. The molecule has 0 unspecified atom stereocenters. The van der Waals surface area contributed by atoms with E-state index in [9.17, 15) is 9.59 Å². The van der Waals surface area contributed by atoms with Crippen molar-refractivity contribution in [3.05, 3.63) is 108 Å². The number of aryl methyl sites for hydroxylation is 2. The molecule has 0 saturated heterocycles. The van der Waals surface area contributed by atoms with Gasteiger partial charge in [-0.05, 0) is 31.5 Å². The molecule has 0 radical (unpaired) electrons. The van der Waals surface area contributed by atoms with Crippen LogP contribution in [-0.2, 0) is 11.2 Å². The minimum Gasteiger partial charge on any atom is -0.441 e. The highest BCUT2D eigenvalue weighted by Gasteiger charge is 2.16. The first kappa shape index (κ1) is 23.0. The summed E-state index contributed by atoms with van der Waals surface area (Å²) in [6.45, 7) is 3.95. The fourth-order valence-corrected chi connectivity index (χ4v) is 3.60. The molecule has 0 spiro atoms. The van der Waals surface area contributed by atoms with Crippen LogP contribution < -0.4 is 10.6 Å². The number of nitrogens with one attached hydrogen (secondary N) is 2. The molecule has 34 heavy (non-hydrogen) atoms. The Labute approximate surface area is 199 Å². The Kier molecular flexibility index (Phi) is 7.18. The van der Waals surface area contributed by atoms with Crippen LogP contribution in [0.5, 0.6) is 0 Å². The van der Waals surface area contributed by atoms with E-state index in [1.807, 2.05) is 68.4 Å². The maximum Gasteiger partial charge on any atom is 0.253 e. The number of hydrogen-bond acceptors (Lipinski definition) is 4. The summed E-state index contributed by atoms with van der Waals surface area (Å²) in [6, 6.07) is 24.5. The summed E-state index contributed by atoms with van der Waals surface area (Å²) in [6.07, 6.45) is 2.22. The lowest BCUT2D eigenvalue weighted by Gasteiger charge is -2.16. The van der Waals surface area contributed by atoms with Crippen LogP contribution >= 0.6 is 0 Å². The molecule has 0 saturated carbocycles. The lowest BCUT2D eigenvalue weighted by Crippen LogP contribution is -2.28. The van der Waals surface area contributed by atoms with Gasteiger partial charge in [-0.1, -0.05) is 72.3 Å². The lowest BCUT2D eigenvalue weighted by atomic mass is 10.1. The van der Waals surface area contributed by atoms with Crippen molar-refractivity contribution in [2.45, 2.75) is 32.7 Å². The third-order valence-electron chi connectivity index (χ3n) is 5.55. The van der Waals surface area contributed by atoms with Gasteiger partial charge in [0.1, 0.15) is 0 Å². The summed E-state index contributed by atoms with van der Waals surface area (Å²) in [5.41, 5.74) is 4.00. The minimum absolute atomic E-state index is 0.162. The van der Waals surface area contributed by atoms with Gasteiger partial charge in [0.25, 0.3) is 5.91 Å². The molecule has 1 aromatic heterocycles. The molecule has 172 valence electrons. The van der Waals surface area contributed by atoms with E-state index >= 15 is 0 Å². The van der Waals surface area contributed by atoms with E-state index in [1.54, 1.807) is 30.5 Å². The Morgan fingerprint density at radius 3 is 2.41 bits per heavy atom. The van der Waals surface area contributed by atoms with Gasteiger partial charge in [0.2, 0.25) is 5.91 Å². The second kappa shape index (κ2) is 10.6. The molecule has 0 aliphatic heterocycles. The predicted molar refractivity (Wildman–Crippen MR) is 132 cm³/mol. The number of anilines is 1. The van der Waals surface area contributed by atoms with Crippen molar-refractivity contribution in [3.8, 4) is 11.3 Å². The van der Waals surface area contributed by atoms with Crippen LogP contribution in [0, 0.1) is 6.92 Å². The first-order valence-corrected chi connectivity index (χ1v) is 11.3. The lowest BCUT2D eigenvalue weighted by molar-refractivity contribution is -0.116. The molecule has 4 rings (SSSR count). The van der Waals surface area contributed by atoms with Gasteiger partial charge in [0, 0.05) is 18.4 Å². The molecular weight excluding hydrogens is 426 g/mol. The van der Waals surface area contributed by atoms with E-state index in [0.29, 0.717) is 29.3 Å². The van der Waals surface area contributed by atoms with Gasteiger partial charge in [-0.2, -0.15) is 0 Å². The van der Waals surface area contributed by atoms with Gasteiger partial charge >= 0.3 is 0 Å². The average molecular weight is 454 g/mol. The summed E-state index contributed by atoms with van der Waals surface area (Å²) in [5.74, 6) is 0.701. The quantitative estimate of drug-likeness (QED) is 0.358. The maximum absolute atomic E-state index is 12.9. The summed E-state index contributed by atoms with van der Waals surface area (Å²) in [7, 11) is 0. The van der Waals surface area contributed by atoms with Gasteiger partial charge in [-0.25, -0.2) is 4.98 Å². The van der Waals surface area contributed by atoms with Crippen LogP contribution in [0.2, 0.25) is 0 Å². The van der Waals surface area contributed by atoms with Gasteiger partial charge in [0.15, 0.2) is 11.7 Å². The second-order valence-corrected chi connectivity index (χ2v) is 8.18. The zero-order valence-electron chi connectivity index (χ0n) is 19.2. The van der Waals surface area contributed by atoms with E-state index < -0.39 is 0 Å².